The van der Waals surface area contributed by atoms with Crippen molar-refractivity contribution in [1.29, 1.82) is 0 Å². The molecule has 0 fully saturated rings. The van der Waals surface area contributed by atoms with Crippen LogP contribution in [0, 0.1) is 6.92 Å². The van der Waals surface area contributed by atoms with Crippen LogP contribution in [0.1, 0.15) is 11.3 Å². The zero-order valence-corrected chi connectivity index (χ0v) is 11.2. The second kappa shape index (κ2) is 4.37. The molecule has 0 amide bonds. The van der Waals surface area contributed by atoms with E-state index in [1.54, 1.807) is 6.08 Å². The van der Waals surface area contributed by atoms with Crippen LogP contribution in [0.15, 0.2) is 28.7 Å². The second-order valence-corrected chi connectivity index (χ2v) is 4.73. The lowest BCUT2D eigenvalue weighted by Gasteiger charge is -2.01. The van der Waals surface area contributed by atoms with Gasteiger partial charge < -0.3 is 9.67 Å². The van der Waals surface area contributed by atoms with Crippen molar-refractivity contribution < 1.29 is 9.90 Å². The molecule has 2 aromatic rings. The highest BCUT2D eigenvalue weighted by atomic mass is 79.9. The summed E-state index contributed by atoms with van der Waals surface area (Å²) in [5.41, 5.74) is 3.07. The van der Waals surface area contributed by atoms with Crippen molar-refractivity contribution in [3.63, 3.8) is 0 Å². The number of benzene rings is 1. The smallest absolute Gasteiger partial charge is 0.328 e. The summed E-state index contributed by atoms with van der Waals surface area (Å²) in [4.78, 5) is 10.6. The fourth-order valence-electron chi connectivity index (χ4n) is 2.06. The Morgan fingerprint density at radius 2 is 2.18 bits per heavy atom. The maximum Gasteiger partial charge on any atom is 0.328 e. The number of para-hydroxylation sites is 1. The topological polar surface area (TPSA) is 42.2 Å². The third-order valence-corrected chi connectivity index (χ3v) is 3.50. The van der Waals surface area contributed by atoms with Crippen molar-refractivity contribution in [3.8, 4) is 0 Å². The van der Waals surface area contributed by atoms with Crippen molar-refractivity contribution in [3.05, 3.63) is 40.0 Å². The highest BCUT2D eigenvalue weighted by Gasteiger charge is 2.11. The summed E-state index contributed by atoms with van der Waals surface area (Å²) in [5.74, 6) is -0.936. The summed E-state index contributed by atoms with van der Waals surface area (Å²) in [7, 11) is 1.93. The van der Waals surface area contributed by atoms with Gasteiger partial charge in [-0.3, -0.25) is 0 Å². The van der Waals surface area contributed by atoms with Crippen LogP contribution >= 0.6 is 15.9 Å². The lowest BCUT2D eigenvalue weighted by molar-refractivity contribution is -0.131. The number of fused-ring (bicyclic) bond motifs is 1. The van der Waals surface area contributed by atoms with Gasteiger partial charge in [-0.1, -0.05) is 12.1 Å². The molecular formula is C13H12BrNO2. The number of carboxylic acid groups (broad SMARTS) is 1. The Kier molecular flexibility index (Phi) is 3.07. The highest BCUT2D eigenvalue weighted by molar-refractivity contribution is 9.10. The fraction of sp³-hybridized carbons (Fsp3) is 0.154. The van der Waals surface area contributed by atoms with Crippen LogP contribution in [0.25, 0.3) is 17.0 Å². The molecule has 0 saturated carbocycles. The van der Waals surface area contributed by atoms with Gasteiger partial charge in [0.05, 0.1) is 5.52 Å². The van der Waals surface area contributed by atoms with Gasteiger partial charge >= 0.3 is 5.97 Å². The molecule has 0 radical (unpaired) electrons. The van der Waals surface area contributed by atoms with Gasteiger partial charge in [-0.15, -0.1) is 0 Å². The van der Waals surface area contributed by atoms with Gasteiger partial charge in [0.15, 0.2) is 0 Å². The average molecular weight is 294 g/mol. The van der Waals surface area contributed by atoms with Crippen LogP contribution in [0.2, 0.25) is 0 Å². The van der Waals surface area contributed by atoms with Gasteiger partial charge in [0.25, 0.3) is 0 Å². The van der Waals surface area contributed by atoms with E-state index in [9.17, 15) is 4.79 Å². The van der Waals surface area contributed by atoms with E-state index in [0.29, 0.717) is 0 Å². The Morgan fingerprint density at radius 1 is 1.47 bits per heavy atom. The molecule has 17 heavy (non-hydrogen) atoms. The zero-order chi connectivity index (χ0) is 12.6. The van der Waals surface area contributed by atoms with Crippen LogP contribution in [0.5, 0.6) is 0 Å². The predicted molar refractivity (Wildman–Crippen MR) is 72.0 cm³/mol. The molecule has 88 valence electrons. The Bertz CT molecular complexity index is 626. The first-order valence-corrected chi connectivity index (χ1v) is 5.96. The van der Waals surface area contributed by atoms with Crippen LogP contribution < -0.4 is 0 Å². The second-order valence-electron chi connectivity index (χ2n) is 3.88. The molecule has 2 rings (SSSR count). The number of rotatable bonds is 2. The SMILES string of the molecule is Cc1c(/C=C/C(=O)O)n(C)c2c(Br)cccc12. The molecule has 0 aliphatic rings. The Balaban J connectivity index is 2.73. The van der Waals surface area contributed by atoms with Gasteiger partial charge in [-0.2, -0.15) is 0 Å². The third-order valence-electron chi connectivity index (χ3n) is 2.86. The molecule has 0 aliphatic carbocycles. The number of aryl methyl sites for hydroxylation is 2. The summed E-state index contributed by atoms with van der Waals surface area (Å²) in [6, 6.07) is 5.99. The van der Waals surface area contributed by atoms with Crippen molar-refractivity contribution in [1.82, 2.24) is 4.57 Å². The molecule has 1 heterocycles. The van der Waals surface area contributed by atoms with E-state index in [4.69, 9.17) is 5.11 Å². The zero-order valence-electron chi connectivity index (χ0n) is 9.57. The van der Waals surface area contributed by atoms with Crippen molar-refractivity contribution in [2.75, 3.05) is 0 Å². The van der Waals surface area contributed by atoms with Gasteiger partial charge in [0.2, 0.25) is 0 Å². The van der Waals surface area contributed by atoms with Crippen LogP contribution in [-0.4, -0.2) is 15.6 Å². The highest BCUT2D eigenvalue weighted by Crippen LogP contribution is 2.30. The van der Waals surface area contributed by atoms with Crippen LogP contribution in [0.3, 0.4) is 0 Å². The van der Waals surface area contributed by atoms with E-state index in [1.807, 2.05) is 36.7 Å². The molecule has 0 spiro atoms. The van der Waals surface area contributed by atoms with E-state index >= 15 is 0 Å². The molecule has 1 aromatic carbocycles. The van der Waals surface area contributed by atoms with Crippen molar-refractivity contribution in [2.45, 2.75) is 6.92 Å². The minimum atomic E-state index is -0.936. The lowest BCUT2D eigenvalue weighted by Crippen LogP contribution is -1.93. The summed E-state index contributed by atoms with van der Waals surface area (Å²) in [5, 5.41) is 9.81. The maximum absolute atomic E-state index is 10.6. The number of hydrogen-bond acceptors (Lipinski definition) is 1. The third kappa shape index (κ3) is 2.00. The molecule has 0 aliphatic heterocycles. The first-order valence-electron chi connectivity index (χ1n) is 5.17. The number of aromatic nitrogens is 1. The number of halogens is 1. The standard InChI is InChI=1S/C13H12BrNO2/c1-8-9-4-3-5-10(14)13(9)15(2)11(8)6-7-12(16)17/h3-7H,1-2H3,(H,16,17)/b7-6+. The molecule has 1 N–H and O–H groups in total. The summed E-state index contributed by atoms with van der Waals surface area (Å²) < 4.78 is 3.00. The first kappa shape index (κ1) is 11.9. The normalized spacial score (nSPS) is 11.5. The van der Waals surface area contributed by atoms with E-state index in [-0.39, 0.29) is 0 Å². The molecule has 0 atom stereocenters. The van der Waals surface area contributed by atoms with Gasteiger partial charge in [0.1, 0.15) is 0 Å². The van der Waals surface area contributed by atoms with Crippen LogP contribution in [-0.2, 0) is 11.8 Å². The molecule has 4 heteroatoms. The molecular weight excluding hydrogens is 282 g/mol. The predicted octanol–water partition coefficient (Wildman–Crippen LogP) is 3.35. The Labute approximate surface area is 107 Å². The van der Waals surface area contributed by atoms with Crippen molar-refractivity contribution >= 4 is 38.9 Å². The lowest BCUT2D eigenvalue weighted by atomic mass is 10.1. The summed E-state index contributed by atoms with van der Waals surface area (Å²) >= 11 is 3.51. The van der Waals surface area contributed by atoms with Gasteiger partial charge in [0, 0.05) is 28.7 Å². The number of carbonyl (C=O) groups is 1. The van der Waals surface area contributed by atoms with Gasteiger partial charge in [-0.05, 0) is 40.6 Å². The molecule has 0 bridgehead atoms. The maximum atomic E-state index is 10.6. The number of aliphatic carboxylic acids is 1. The average Bonchev–Trinajstić information content (AvgIpc) is 2.50. The largest absolute Gasteiger partial charge is 0.478 e. The van der Waals surface area contributed by atoms with E-state index in [0.717, 1.165) is 32.7 Å². The minimum Gasteiger partial charge on any atom is -0.478 e. The fourth-order valence-corrected chi connectivity index (χ4v) is 2.69. The number of hydrogen-bond donors (Lipinski definition) is 1. The van der Waals surface area contributed by atoms with Crippen LogP contribution in [0.4, 0.5) is 0 Å². The van der Waals surface area contributed by atoms with Gasteiger partial charge in [-0.25, -0.2) is 4.79 Å². The summed E-state index contributed by atoms with van der Waals surface area (Å²) in [6.07, 6.45) is 2.79. The quantitative estimate of drug-likeness (QED) is 0.863. The van der Waals surface area contributed by atoms with Crippen molar-refractivity contribution in [2.24, 2.45) is 7.05 Å². The molecule has 3 nitrogen and oxygen atoms in total. The number of nitrogens with zero attached hydrogens (tertiary/aromatic N) is 1. The molecule has 0 saturated heterocycles. The summed E-state index contributed by atoms with van der Waals surface area (Å²) in [6.45, 7) is 2.00. The first-order chi connectivity index (χ1) is 8.02. The Morgan fingerprint density at radius 3 is 2.76 bits per heavy atom. The van der Waals surface area contributed by atoms with E-state index in [1.165, 1.54) is 0 Å². The molecule has 0 unspecified atom stereocenters. The minimum absolute atomic E-state index is 0.911. The monoisotopic (exact) mass is 293 g/mol. The number of carboxylic acids is 1. The Hall–Kier alpha value is -1.55. The molecule has 1 aromatic heterocycles. The van der Waals surface area contributed by atoms with E-state index in [2.05, 4.69) is 15.9 Å². The van der Waals surface area contributed by atoms with E-state index < -0.39 is 5.97 Å².